The predicted molar refractivity (Wildman–Crippen MR) is 168 cm³/mol. The summed E-state index contributed by atoms with van der Waals surface area (Å²) in [6, 6.07) is 8.99. The van der Waals surface area contributed by atoms with E-state index in [-0.39, 0.29) is 18.6 Å². The number of ether oxygens (including phenoxy) is 9. The van der Waals surface area contributed by atoms with Crippen molar-refractivity contribution in [2.45, 2.75) is 13.3 Å². The van der Waals surface area contributed by atoms with Crippen LogP contribution in [0, 0.1) is 6.92 Å². The number of aromatic nitrogens is 2. The minimum atomic E-state index is -0.882. The van der Waals surface area contributed by atoms with Gasteiger partial charge in [0.15, 0.2) is 0 Å². The molecule has 2 aromatic carbocycles. The second-order valence-electron chi connectivity index (χ2n) is 9.84. The SMILES string of the molecule is COc1cc(OC)c2c(=O)[nH]c(-c3cc(C)cc(OCCOCCOCCOCCOCCOCCOCCC(=O)O)c3)nc2c1. The van der Waals surface area contributed by atoms with Crippen molar-refractivity contribution >= 4 is 16.9 Å². The Hall–Kier alpha value is -3.79. The zero-order chi connectivity index (χ0) is 33.0. The molecule has 0 unspecified atom stereocenters. The van der Waals surface area contributed by atoms with E-state index in [1.54, 1.807) is 19.2 Å². The number of carboxylic acid groups (broad SMARTS) is 1. The summed E-state index contributed by atoms with van der Waals surface area (Å²) in [5, 5.41) is 8.86. The smallest absolute Gasteiger partial charge is 0.305 e. The molecular formula is C32H44N2O12. The van der Waals surface area contributed by atoms with E-state index < -0.39 is 5.97 Å². The molecule has 14 nitrogen and oxygen atoms in total. The predicted octanol–water partition coefficient (Wildman–Crippen LogP) is 2.87. The summed E-state index contributed by atoms with van der Waals surface area (Å²) in [6.07, 6.45) is -0.0119. The molecule has 14 heteroatoms. The summed E-state index contributed by atoms with van der Waals surface area (Å²) in [4.78, 5) is 30.8. The molecule has 0 spiro atoms. The number of fused-ring (bicyclic) bond motifs is 1. The van der Waals surface area contributed by atoms with Gasteiger partial charge in [-0.25, -0.2) is 4.98 Å². The van der Waals surface area contributed by atoms with Crippen molar-refractivity contribution in [3.8, 4) is 28.6 Å². The molecule has 0 saturated carbocycles. The third-order valence-electron chi connectivity index (χ3n) is 6.34. The summed E-state index contributed by atoms with van der Waals surface area (Å²) >= 11 is 0. The van der Waals surface area contributed by atoms with Crippen LogP contribution in [0.15, 0.2) is 35.1 Å². The average Bonchev–Trinajstić information content (AvgIpc) is 3.04. The highest BCUT2D eigenvalue weighted by atomic mass is 16.6. The van der Waals surface area contributed by atoms with Gasteiger partial charge >= 0.3 is 5.97 Å². The molecule has 0 radical (unpaired) electrons. The topological polar surface area (TPSA) is 166 Å². The number of nitrogens with one attached hydrogen (secondary N) is 1. The first kappa shape index (κ1) is 36.7. The summed E-state index contributed by atoms with van der Waals surface area (Å²) < 4.78 is 49.0. The van der Waals surface area contributed by atoms with Gasteiger partial charge < -0.3 is 52.7 Å². The van der Waals surface area contributed by atoms with Gasteiger partial charge in [-0.05, 0) is 30.7 Å². The summed E-state index contributed by atoms with van der Waals surface area (Å²) in [5.41, 5.74) is 1.81. The van der Waals surface area contributed by atoms with Gasteiger partial charge in [-0.1, -0.05) is 0 Å². The first-order chi connectivity index (χ1) is 22.4. The van der Waals surface area contributed by atoms with Gasteiger partial charge in [-0.2, -0.15) is 0 Å². The molecule has 1 aromatic heterocycles. The number of benzene rings is 2. The van der Waals surface area contributed by atoms with Crippen molar-refractivity contribution in [2.24, 2.45) is 0 Å². The van der Waals surface area contributed by atoms with E-state index in [4.69, 9.17) is 47.7 Å². The fraction of sp³-hybridized carbons (Fsp3) is 0.531. The first-order valence-corrected chi connectivity index (χ1v) is 15.0. The number of aromatic amines is 1. The number of hydrogen-bond acceptors (Lipinski definition) is 12. The lowest BCUT2D eigenvalue weighted by molar-refractivity contribution is -0.138. The molecule has 3 rings (SSSR count). The van der Waals surface area contributed by atoms with Crippen LogP contribution in [-0.2, 0) is 33.2 Å². The van der Waals surface area contributed by atoms with Gasteiger partial charge in [0.25, 0.3) is 5.56 Å². The van der Waals surface area contributed by atoms with Crippen LogP contribution in [0.2, 0.25) is 0 Å². The number of hydrogen-bond donors (Lipinski definition) is 2. The lowest BCUT2D eigenvalue weighted by Gasteiger charge is -2.12. The van der Waals surface area contributed by atoms with Crippen LogP contribution in [0.5, 0.6) is 17.2 Å². The van der Waals surface area contributed by atoms with E-state index in [1.165, 1.54) is 7.11 Å². The monoisotopic (exact) mass is 648 g/mol. The summed E-state index contributed by atoms with van der Waals surface area (Å²) in [6.45, 7) is 7.11. The van der Waals surface area contributed by atoms with Gasteiger partial charge in [-0.3, -0.25) is 9.59 Å². The van der Waals surface area contributed by atoms with Crippen LogP contribution in [0.25, 0.3) is 22.3 Å². The van der Waals surface area contributed by atoms with E-state index in [0.717, 1.165) is 5.56 Å². The molecule has 0 bridgehead atoms. The van der Waals surface area contributed by atoms with Crippen molar-refractivity contribution in [1.29, 1.82) is 0 Å². The number of aliphatic carboxylic acids is 1. The van der Waals surface area contributed by atoms with Crippen molar-refractivity contribution < 1.29 is 52.5 Å². The van der Waals surface area contributed by atoms with Crippen molar-refractivity contribution in [1.82, 2.24) is 9.97 Å². The van der Waals surface area contributed by atoms with Crippen LogP contribution in [0.3, 0.4) is 0 Å². The fourth-order valence-electron chi connectivity index (χ4n) is 4.17. The third kappa shape index (κ3) is 13.3. The Morgan fingerprint density at radius 2 is 1.24 bits per heavy atom. The van der Waals surface area contributed by atoms with E-state index >= 15 is 0 Å². The van der Waals surface area contributed by atoms with E-state index in [1.807, 2.05) is 25.1 Å². The highest BCUT2D eigenvalue weighted by Crippen LogP contribution is 2.30. The largest absolute Gasteiger partial charge is 0.497 e. The number of aryl methyl sites for hydroxylation is 1. The van der Waals surface area contributed by atoms with Crippen LogP contribution in [0.4, 0.5) is 0 Å². The quantitative estimate of drug-likeness (QED) is 0.129. The van der Waals surface area contributed by atoms with E-state index in [2.05, 4.69) is 9.97 Å². The maximum atomic E-state index is 12.9. The summed E-state index contributed by atoms with van der Waals surface area (Å²) in [7, 11) is 3.04. The van der Waals surface area contributed by atoms with Crippen LogP contribution >= 0.6 is 0 Å². The molecule has 0 aliphatic rings. The zero-order valence-corrected chi connectivity index (χ0v) is 26.7. The third-order valence-corrected chi connectivity index (χ3v) is 6.34. The molecular weight excluding hydrogens is 604 g/mol. The molecule has 0 aliphatic carbocycles. The second-order valence-corrected chi connectivity index (χ2v) is 9.84. The lowest BCUT2D eigenvalue weighted by atomic mass is 10.1. The van der Waals surface area contributed by atoms with Gasteiger partial charge in [0.2, 0.25) is 0 Å². The molecule has 254 valence electrons. The molecule has 0 atom stereocenters. The first-order valence-electron chi connectivity index (χ1n) is 15.0. The Morgan fingerprint density at radius 3 is 1.76 bits per heavy atom. The molecule has 46 heavy (non-hydrogen) atoms. The van der Waals surface area contributed by atoms with Crippen molar-refractivity contribution in [3.05, 3.63) is 46.2 Å². The van der Waals surface area contributed by atoms with Gasteiger partial charge in [-0.15, -0.1) is 0 Å². The molecule has 3 aromatic rings. The summed E-state index contributed by atoms with van der Waals surface area (Å²) in [5.74, 6) is 1.09. The Kier molecular flexibility index (Phi) is 16.8. The van der Waals surface area contributed by atoms with E-state index in [0.29, 0.717) is 119 Å². The average molecular weight is 649 g/mol. The van der Waals surface area contributed by atoms with Crippen molar-refractivity contribution in [2.75, 3.05) is 100 Å². The number of H-pyrrole nitrogens is 1. The van der Waals surface area contributed by atoms with Crippen LogP contribution < -0.4 is 19.8 Å². The number of carboxylic acids is 1. The Morgan fingerprint density at radius 1 is 0.696 bits per heavy atom. The molecule has 0 saturated heterocycles. The Balaban J connectivity index is 1.24. The molecule has 2 N–H and O–H groups in total. The zero-order valence-electron chi connectivity index (χ0n) is 26.7. The van der Waals surface area contributed by atoms with Crippen molar-refractivity contribution in [3.63, 3.8) is 0 Å². The number of carbonyl (C=O) groups is 1. The highest BCUT2D eigenvalue weighted by molar-refractivity contribution is 5.87. The Labute approximate surface area is 267 Å². The minimum Gasteiger partial charge on any atom is -0.497 e. The van der Waals surface area contributed by atoms with Gasteiger partial charge in [0.05, 0.1) is 105 Å². The van der Waals surface area contributed by atoms with Crippen LogP contribution in [-0.4, -0.2) is 121 Å². The number of methoxy groups -OCH3 is 2. The molecule has 1 heterocycles. The lowest BCUT2D eigenvalue weighted by Crippen LogP contribution is -2.15. The minimum absolute atomic E-state index is 0.0119. The molecule has 0 fully saturated rings. The normalized spacial score (nSPS) is 11.2. The van der Waals surface area contributed by atoms with Gasteiger partial charge in [0.1, 0.15) is 35.1 Å². The van der Waals surface area contributed by atoms with Gasteiger partial charge in [0, 0.05) is 17.7 Å². The number of nitrogens with zero attached hydrogens (tertiary/aromatic N) is 1. The number of rotatable bonds is 25. The highest BCUT2D eigenvalue weighted by Gasteiger charge is 2.14. The maximum absolute atomic E-state index is 12.9. The second kappa shape index (κ2) is 21.1. The maximum Gasteiger partial charge on any atom is 0.305 e. The molecule has 0 amide bonds. The molecule has 0 aliphatic heterocycles. The van der Waals surface area contributed by atoms with E-state index in [9.17, 15) is 9.59 Å². The Bertz CT molecular complexity index is 1400. The standard InChI is InChI=1S/C32H44N2O12/c1-23-18-24(31-33-27-21-25(38-2)22-28(39-3)30(27)32(37)34-31)20-26(19-23)46-17-16-45-15-14-44-13-12-43-11-10-42-9-8-41-7-6-40-5-4-29(35)36/h18-22H,4-17H2,1-3H3,(H,35,36)(H,33,34,37). The van der Waals surface area contributed by atoms with Crippen LogP contribution in [0.1, 0.15) is 12.0 Å². The fourth-order valence-corrected chi connectivity index (χ4v) is 4.17.